The zero-order valence-corrected chi connectivity index (χ0v) is 13.4. The van der Waals surface area contributed by atoms with Crippen LogP contribution in [0, 0.1) is 0 Å². The molecule has 0 unspecified atom stereocenters. The SMILES string of the molecule is CCCCCCCCCCCc1nnc(CN)n1CC. The van der Waals surface area contributed by atoms with Crippen molar-refractivity contribution in [2.24, 2.45) is 5.73 Å². The molecule has 1 heterocycles. The molecule has 0 aliphatic rings. The number of aromatic nitrogens is 3. The molecule has 0 spiro atoms. The van der Waals surface area contributed by atoms with E-state index in [9.17, 15) is 0 Å². The number of nitrogens with two attached hydrogens (primary N) is 1. The van der Waals surface area contributed by atoms with E-state index in [1.54, 1.807) is 0 Å². The van der Waals surface area contributed by atoms with Crippen molar-refractivity contribution in [3.05, 3.63) is 11.6 Å². The molecule has 0 amide bonds. The minimum absolute atomic E-state index is 0.485. The van der Waals surface area contributed by atoms with Crippen molar-refractivity contribution in [2.45, 2.75) is 91.1 Å². The predicted octanol–water partition coefficient (Wildman–Crippen LogP) is 3.83. The summed E-state index contributed by atoms with van der Waals surface area (Å²) in [4.78, 5) is 0. The van der Waals surface area contributed by atoms with E-state index < -0.39 is 0 Å². The molecule has 116 valence electrons. The number of aryl methyl sites for hydroxylation is 1. The van der Waals surface area contributed by atoms with Gasteiger partial charge in [0.25, 0.3) is 0 Å². The summed E-state index contributed by atoms with van der Waals surface area (Å²) in [5.74, 6) is 2.02. The minimum atomic E-state index is 0.485. The first-order valence-corrected chi connectivity index (χ1v) is 8.44. The molecular weight excluding hydrogens is 248 g/mol. The first kappa shape index (κ1) is 17.2. The Bertz CT molecular complexity index is 346. The van der Waals surface area contributed by atoms with Crippen LogP contribution in [0.2, 0.25) is 0 Å². The number of hydrogen-bond acceptors (Lipinski definition) is 3. The second-order valence-electron chi connectivity index (χ2n) is 5.56. The van der Waals surface area contributed by atoms with Crippen LogP contribution in [0.3, 0.4) is 0 Å². The summed E-state index contributed by atoms with van der Waals surface area (Å²) in [5, 5.41) is 8.41. The Morgan fingerprint density at radius 3 is 1.90 bits per heavy atom. The smallest absolute Gasteiger partial charge is 0.146 e. The third-order valence-corrected chi connectivity index (χ3v) is 3.91. The lowest BCUT2D eigenvalue weighted by Gasteiger charge is -2.06. The number of hydrogen-bond donors (Lipinski definition) is 1. The van der Waals surface area contributed by atoms with Crippen LogP contribution >= 0.6 is 0 Å². The summed E-state index contributed by atoms with van der Waals surface area (Å²) in [5.41, 5.74) is 5.66. The van der Waals surface area contributed by atoms with E-state index in [1.165, 1.54) is 57.8 Å². The molecule has 0 fully saturated rings. The van der Waals surface area contributed by atoms with E-state index >= 15 is 0 Å². The Morgan fingerprint density at radius 2 is 1.35 bits per heavy atom. The molecule has 0 aliphatic carbocycles. The van der Waals surface area contributed by atoms with Crippen molar-refractivity contribution >= 4 is 0 Å². The van der Waals surface area contributed by atoms with Crippen LogP contribution in [0.4, 0.5) is 0 Å². The van der Waals surface area contributed by atoms with Crippen LogP contribution in [0.1, 0.15) is 83.3 Å². The Balaban J connectivity index is 2.08. The summed E-state index contributed by atoms with van der Waals surface area (Å²) in [7, 11) is 0. The zero-order chi connectivity index (χ0) is 14.6. The van der Waals surface area contributed by atoms with Crippen LogP contribution in [-0.4, -0.2) is 14.8 Å². The number of rotatable bonds is 12. The zero-order valence-electron chi connectivity index (χ0n) is 13.4. The van der Waals surface area contributed by atoms with E-state index in [4.69, 9.17) is 5.73 Å². The van der Waals surface area contributed by atoms with Crippen LogP contribution in [-0.2, 0) is 19.5 Å². The van der Waals surface area contributed by atoms with Gasteiger partial charge in [-0.3, -0.25) is 0 Å². The molecule has 0 saturated heterocycles. The van der Waals surface area contributed by atoms with Crippen molar-refractivity contribution < 1.29 is 0 Å². The van der Waals surface area contributed by atoms with Gasteiger partial charge in [-0.1, -0.05) is 58.3 Å². The molecule has 4 nitrogen and oxygen atoms in total. The van der Waals surface area contributed by atoms with Gasteiger partial charge in [-0.2, -0.15) is 0 Å². The Labute approximate surface area is 124 Å². The molecule has 0 aliphatic heterocycles. The Hall–Kier alpha value is -0.900. The standard InChI is InChI=1S/C16H32N4/c1-3-5-6-7-8-9-10-11-12-13-15-18-19-16(14-17)20(15)4-2/h3-14,17H2,1-2H3. The van der Waals surface area contributed by atoms with Crippen molar-refractivity contribution in [1.82, 2.24) is 14.8 Å². The molecular formula is C16H32N4. The average molecular weight is 280 g/mol. The highest BCUT2D eigenvalue weighted by atomic mass is 15.3. The molecule has 20 heavy (non-hydrogen) atoms. The molecule has 0 radical (unpaired) electrons. The molecule has 1 aromatic heterocycles. The minimum Gasteiger partial charge on any atom is -0.324 e. The van der Waals surface area contributed by atoms with E-state index in [0.29, 0.717) is 6.54 Å². The van der Waals surface area contributed by atoms with Crippen molar-refractivity contribution in [2.75, 3.05) is 0 Å². The highest BCUT2D eigenvalue weighted by Gasteiger charge is 2.08. The number of nitrogens with zero attached hydrogens (tertiary/aromatic N) is 3. The Kier molecular flexibility index (Phi) is 9.29. The van der Waals surface area contributed by atoms with Gasteiger partial charge < -0.3 is 10.3 Å². The van der Waals surface area contributed by atoms with E-state index in [0.717, 1.165) is 24.6 Å². The van der Waals surface area contributed by atoms with E-state index in [-0.39, 0.29) is 0 Å². The molecule has 0 bridgehead atoms. The second-order valence-corrected chi connectivity index (χ2v) is 5.56. The molecule has 1 rings (SSSR count). The maximum absolute atomic E-state index is 5.66. The first-order valence-electron chi connectivity index (χ1n) is 8.44. The van der Waals surface area contributed by atoms with Gasteiger partial charge in [0, 0.05) is 13.0 Å². The normalized spacial score (nSPS) is 11.2. The van der Waals surface area contributed by atoms with Gasteiger partial charge in [0.15, 0.2) is 0 Å². The fraction of sp³-hybridized carbons (Fsp3) is 0.875. The fourth-order valence-corrected chi connectivity index (χ4v) is 2.67. The lowest BCUT2D eigenvalue weighted by molar-refractivity contribution is 0.555. The summed E-state index contributed by atoms with van der Waals surface area (Å²) in [6, 6.07) is 0. The van der Waals surface area contributed by atoms with Crippen LogP contribution in [0.5, 0.6) is 0 Å². The predicted molar refractivity (Wildman–Crippen MR) is 84.5 cm³/mol. The average Bonchev–Trinajstić information content (AvgIpc) is 2.87. The first-order chi connectivity index (χ1) is 9.83. The van der Waals surface area contributed by atoms with Gasteiger partial charge >= 0.3 is 0 Å². The molecule has 0 saturated carbocycles. The van der Waals surface area contributed by atoms with E-state index in [1.807, 2.05) is 0 Å². The largest absolute Gasteiger partial charge is 0.324 e. The number of unbranched alkanes of at least 4 members (excludes halogenated alkanes) is 8. The third-order valence-electron chi connectivity index (χ3n) is 3.91. The lowest BCUT2D eigenvalue weighted by Crippen LogP contribution is -2.09. The fourth-order valence-electron chi connectivity index (χ4n) is 2.67. The van der Waals surface area contributed by atoms with Crippen molar-refractivity contribution in [3.8, 4) is 0 Å². The van der Waals surface area contributed by atoms with Crippen LogP contribution in [0.25, 0.3) is 0 Å². The summed E-state index contributed by atoms with van der Waals surface area (Å²) in [6.45, 7) is 5.80. The van der Waals surface area contributed by atoms with Crippen molar-refractivity contribution in [3.63, 3.8) is 0 Å². The van der Waals surface area contributed by atoms with Gasteiger partial charge in [0.1, 0.15) is 11.6 Å². The highest BCUT2D eigenvalue weighted by molar-refractivity contribution is 4.95. The van der Waals surface area contributed by atoms with Crippen molar-refractivity contribution in [1.29, 1.82) is 0 Å². The van der Waals surface area contributed by atoms with Gasteiger partial charge in [0.05, 0.1) is 6.54 Å². The van der Waals surface area contributed by atoms with Gasteiger partial charge in [-0.05, 0) is 13.3 Å². The van der Waals surface area contributed by atoms with E-state index in [2.05, 4.69) is 28.6 Å². The molecule has 4 heteroatoms. The third kappa shape index (κ3) is 6.04. The van der Waals surface area contributed by atoms with Gasteiger partial charge in [0.2, 0.25) is 0 Å². The maximum atomic E-state index is 5.66. The Morgan fingerprint density at radius 1 is 0.800 bits per heavy atom. The molecule has 0 atom stereocenters. The second kappa shape index (κ2) is 10.8. The van der Waals surface area contributed by atoms with Gasteiger partial charge in [-0.15, -0.1) is 10.2 Å². The van der Waals surface area contributed by atoms with Crippen LogP contribution in [0.15, 0.2) is 0 Å². The molecule has 0 aromatic carbocycles. The van der Waals surface area contributed by atoms with Crippen LogP contribution < -0.4 is 5.73 Å². The monoisotopic (exact) mass is 280 g/mol. The topological polar surface area (TPSA) is 56.7 Å². The van der Waals surface area contributed by atoms with Gasteiger partial charge in [-0.25, -0.2) is 0 Å². The maximum Gasteiger partial charge on any atom is 0.146 e. The summed E-state index contributed by atoms with van der Waals surface area (Å²) in [6.07, 6.45) is 13.3. The summed E-state index contributed by atoms with van der Waals surface area (Å²) >= 11 is 0. The molecule has 2 N–H and O–H groups in total. The molecule has 1 aromatic rings. The summed E-state index contributed by atoms with van der Waals surface area (Å²) < 4.78 is 2.16. The lowest BCUT2D eigenvalue weighted by atomic mass is 10.1. The highest BCUT2D eigenvalue weighted by Crippen LogP contribution is 2.12. The quantitative estimate of drug-likeness (QED) is 0.592.